The fourth-order valence-electron chi connectivity index (χ4n) is 2.05. The number of fused-ring (bicyclic) bond motifs is 1. The maximum absolute atomic E-state index is 10.9. The lowest BCUT2D eigenvalue weighted by molar-refractivity contribution is 0.996. The molecule has 112 valence electrons. The zero-order chi connectivity index (χ0) is 15.9. The summed E-state index contributed by atoms with van der Waals surface area (Å²) in [5, 5.41) is 4.83. The Labute approximate surface area is 130 Å². The van der Waals surface area contributed by atoms with Crippen LogP contribution in [-0.2, 0) is 0 Å². The molecule has 0 spiro atoms. The molecule has 0 atom stereocenters. The number of hydrogen-bond donors (Lipinski definition) is 2. The molecule has 2 aromatic carbocycles. The summed E-state index contributed by atoms with van der Waals surface area (Å²) in [4.78, 5) is 10.9. The molecule has 0 heterocycles. The first-order valence-electron chi connectivity index (χ1n) is 7.02. The zero-order valence-electron chi connectivity index (χ0n) is 12.8. The van der Waals surface area contributed by atoms with E-state index in [4.69, 9.17) is 0 Å². The number of nitroso groups, excluding NO2 is 1. The minimum Gasteiger partial charge on any atom is -0.301 e. The van der Waals surface area contributed by atoms with Gasteiger partial charge in [0.2, 0.25) is 0 Å². The standard InChI is InChI=1S/C18H19N3O/c1-4-14(10-9-13(2)3)19-20-17-11-12-18(21-22)16-8-6-5-7-15(16)17/h4-12,19-20H,2H2,1,3H3/b10-9-,14-4+. The van der Waals surface area contributed by atoms with Crippen LogP contribution in [0.15, 0.2) is 77.7 Å². The van der Waals surface area contributed by atoms with E-state index in [-0.39, 0.29) is 0 Å². The number of nitrogens with zero attached hydrogens (tertiary/aromatic N) is 1. The molecule has 0 fully saturated rings. The summed E-state index contributed by atoms with van der Waals surface area (Å²) in [5.74, 6) is 0. The SMILES string of the molecule is C=C(C)/C=C\C(=C/C)NNc1ccc(N=O)c2ccccc12. The Bertz CT molecular complexity index is 760. The summed E-state index contributed by atoms with van der Waals surface area (Å²) in [7, 11) is 0. The molecule has 0 unspecified atom stereocenters. The van der Waals surface area contributed by atoms with Crippen LogP contribution < -0.4 is 10.9 Å². The van der Waals surface area contributed by atoms with E-state index in [1.54, 1.807) is 6.07 Å². The smallest absolute Gasteiger partial charge is 0.115 e. The van der Waals surface area contributed by atoms with Gasteiger partial charge in [0, 0.05) is 16.5 Å². The van der Waals surface area contributed by atoms with Gasteiger partial charge in [-0.2, -0.15) is 0 Å². The largest absolute Gasteiger partial charge is 0.301 e. The van der Waals surface area contributed by atoms with Crippen LogP contribution in [0.4, 0.5) is 11.4 Å². The van der Waals surface area contributed by atoms with E-state index in [9.17, 15) is 4.91 Å². The van der Waals surface area contributed by atoms with E-state index in [1.807, 2.05) is 62.4 Å². The Morgan fingerprint density at radius 3 is 2.50 bits per heavy atom. The van der Waals surface area contributed by atoms with E-state index < -0.39 is 0 Å². The number of allylic oxidation sites excluding steroid dienone is 4. The summed E-state index contributed by atoms with van der Waals surface area (Å²) in [6, 6.07) is 11.2. The second-order valence-corrected chi connectivity index (χ2v) is 4.94. The first kappa shape index (κ1) is 15.5. The lowest BCUT2D eigenvalue weighted by atomic mass is 10.1. The van der Waals surface area contributed by atoms with Gasteiger partial charge >= 0.3 is 0 Å². The topological polar surface area (TPSA) is 53.5 Å². The third kappa shape index (κ3) is 3.61. The second kappa shape index (κ2) is 7.22. The lowest BCUT2D eigenvalue weighted by Crippen LogP contribution is -2.19. The van der Waals surface area contributed by atoms with Crippen LogP contribution in [0.2, 0.25) is 0 Å². The minimum absolute atomic E-state index is 0.439. The quantitative estimate of drug-likeness (QED) is 0.438. The Morgan fingerprint density at radius 1 is 1.14 bits per heavy atom. The molecule has 22 heavy (non-hydrogen) atoms. The van der Waals surface area contributed by atoms with Gasteiger partial charge in [0.15, 0.2) is 0 Å². The van der Waals surface area contributed by atoms with E-state index >= 15 is 0 Å². The maximum Gasteiger partial charge on any atom is 0.115 e. The third-order valence-electron chi connectivity index (χ3n) is 3.20. The Kier molecular flexibility index (Phi) is 5.09. The molecule has 0 bridgehead atoms. The van der Waals surface area contributed by atoms with Crippen molar-refractivity contribution in [1.82, 2.24) is 5.43 Å². The molecular formula is C18H19N3O. The predicted molar refractivity (Wildman–Crippen MR) is 93.9 cm³/mol. The van der Waals surface area contributed by atoms with Gasteiger partial charge in [-0.1, -0.05) is 48.6 Å². The van der Waals surface area contributed by atoms with Crippen LogP contribution >= 0.6 is 0 Å². The normalized spacial score (nSPS) is 11.6. The van der Waals surface area contributed by atoms with Crippen molar-refractivity contribution in [3.63, 3.8) is 0 Å². The number of nitrogens with one attached hydrogen (secondary N) is 2. The molecule has 0 saturated heterocycles. The molecule has 0 aliphatic carbocycles. The molecule has 0 amide bonds. The average Bonchev–Trinajstić information content (AvgIpc) is 2.54. The number of hydrazine groups is 1. The van der Waals surface area contributed by atoms with Crippen LogP contribution in [-0.4, -0.2) is 0 Å². The zero-order valence-corrected chi connectivity index (χ0v) is 12.8. The summed E-state index contributed by atoms with van der Waals surface area (Å²) >= 11 is 0. The van der Waals surface area contributed by atoms with Crippen LogP contribution in [0, 0.1) is 4.91 Å². The number of hydrogen-bond acceptors (Lipinski definition) is 4. The first-order chi connectivity index (χ1) is 10.7. The highest BCUT2D eigenvalue weighted by Gasteiger charge is 2.05. The molecule has 0 aromatic heterocycles. The van der Waals surface area contributed by atoms with Gasteiger partial charge in [-0.15, -0.1) is 4.91 Å². The van der Waals surface area contributed by atoms with Crippen molar-refractivity contribution < 1.29 is 0 Å². The first-order valence-corrected chi connectivity index (χ1v) is 7.02. The summed E-state index contributed by atoms with van der Waals surface area (Å²) in [6.07, 6.45) is 5.83. The fourth-order valence-corrected chi connectivity index (χ4v) is 2.05. The average molecular weight is 293 g/mol. The summed E-state index contributed by atoms with van der Waals surface area (Å²) in [5.41, 5.74) is 9.54. The Morgan fingerprint density at radius 2 is 1.86 bits per heavy atom. The molecule has 2 rings (SSSR count). The molecule has 0 saturated carbocycles. The Hall–Kier alpha value is -2.88. The van der Waals surface area contributed by atoms with Crippen molar-refractivity contribution in [2.45, 2.75) is 13.8 Å². The van der Waals surface area contributed by atoms with Crippen LogP contribution in [0.1, 0.15) is 13.8 Å². The van der Waals surface area contributed by atoms with Gasteiger partial charge in [0.05, 0.1) is 5.69 Å². The fraction of sp³-hybridized carbons (Fsp3) is 0.111. The highest BCUT2D eigenvalue weighted by Crippen LogP contribution is 2.31. The highest BCUT2D eigenvalue weighted by molar-refractivity contribution is 6.00. The second-order valence-electron chi connectivity index (χ2n) is 4.94. The molecule has 0 aliphatic rings. The highest BCUT2D eigenvalue weighted by atomic mass is 16.3. The molecule has 2 aromatic rings. The molecule has 4 nitrogen and oxygen atoms in total. The van der Waals surface area contributed by atoms with E-state index in [2.05, 4.69) is 22.6 Å². The summed E-state index contributed by atoms with van der Waals surface area (Å²) in [6.45, 7) is 7.73. The predicted octanol–water partition coefficient (Wildman–Crippen LogP) is 5.19. The number of rotatable bonds is 6. The molecule has 0 radical (unpaired) electrons. The maximum atomic E-state index is 10.9. The van der Waals surface area contributed by atoms with Gasteiger partial charge in [0.25, 0.3) is 0 Å². The van der Waals surface area contributed by atoms with Crippen molar-refractivity contribution in [2.24, 2.45) is 5.18 Å². The number of benzene rings is 2. The molecule has 4 heteroatoms. The van der Waals surface area contributed by atoms with E-state index in [0.717, 1.165) is 27.7 Å². The van der Waals surface area contributed by atoms with Crippen molar-refractivity contribution in [1.29, 1.82) is 0 Å². The van der Waals surface area contributed by atoms with Gasteiger partial charge in [-0.05, 0) is 37.2 Å². The van der Waals surface area contributed by atoms with Gasteiger partial charge < -0.3 is 10.9 Å². The van der Waals surface area contributed by atoms with Crippen LogP contribution in [0.3, 0.4) is 0 Å². The third-order valence-corrected chi connectivity index (χ3v) is 3.20. The van der Waals surface area contributed by atoms with Gasteiger partial charge in [-0.25, -0.2) is 0 Å². The molecular weight excluding hydrogens is 274 g/mol. The van der Waals surface area contributed by atoms with Crippen molar-refractivity contribution in [3.05, 3.63) is 77.4 Å². The van der Waals surface area contributed by atoms with Gasteiger partial charge in [-0.3, -0.25) is 0 Å². The molecule has 2 N–H and O–H groups in total. The Balaban J connectivity index is 2.25. The van der Waals surface area contributed by atoms with E-state index in [0.29, 0.717) is 5.69 Å². The minimum atomic E-state index is 0.439. The van der Waals surface area contributed by atoms with Crippen LogP contribution in [0.5, 0.6) is 0 Å². The lowest BCUT2D eigenvalue weighted by Gasteiger charge is -2.13. The number of anilines is 1. The van der Waals surface area contributed by atoms with Crippen molar-refractivity contribution >= 4 is 22.1 Å². The van der Waals surface area contributed by atoms with Crippen LogP contribution in [0.25, 0.3) is 10.8 Å². The molecule has 0 aliphatic heterocycles. The van der Waals surface area contributed by atoms with E-state index in [1.165, 1.54) is 0 Å². The van der Waals surface area contributed by atoms with Gasteiger partial charge in [0.1, 0.15) is 5.69 Å². The monoisotopic (exact) mass is 293 g/mol. The van der Waals surface area contributed by atoms with Crippen molar-refractivity contribution in [3.8, 4) is 0 Å². The van der Waals surface area contributed by atoms with Crippen molar-refractivity contribution in [2.75, 3.05) is 5.43 Å². The summed E-state index contributed by atoms with van der Waals surface area (Å²) < 4.78 is 0.